The van der Waals surface area contributed by atoms with Crippen LogP contribution in [0.1, 0.15) is 10.4 Å². The molecule has 0 fully saturated rings. The number of benzene rings is 1. The van der Waals surface area contributed by atoms with Crippen LogP contribution < -0.4 is 5.32 Å². The summed E-state index contributed by atoms with van der Waals surface area (Å²) in [6.45, 7) is 0.450. The average molecular weight is 406 g/mol. The van der Waals surface area contributed by atoms with Crippen LogP contribution in [-0.2, 0) is 16.4 Å². The highest BCUT2D eigenvalue weighted by Gasteiger charge is 2.30. The van der Waals surface area contributed by atoms with E-state index < -0.39 is 26.4 Å². The summed E-state index contributed by atoms with van der Waals surface area (Å²) in [5.41, 5.74) is 1.43. The van der Waals surface area contributed by atoms with Crippen molar-refractivity contribution in [2.24, 2.45) is 0 Å². The first-order valence-electron chi connectivity index (χ1n) is 8.22. The number of nitrogens with zero attached hydrogens (tertiary/aromatic N) is 3. The predicted molar refractivity (Wildman–Crippen MR) is 97.4 cm³/mol. The van der Waals surface area contributed by atoms with Gasteiger partial charge in [0.15, 0.2) is 0 Å². The molecule has 0 aliphatic carbocycles. The first kappa shape index (κ1) is 19.6. The van der Waals surface area contributed by atoms with Crippen LogP contribution in [-0.4, -0.2) is 41.4 Å². The van der Waals surface area contributed by atoms with Crippen molar-refractivity contribution < 1.29 is 22.0 Å². The van der Waals surface area contributed by atoms with Gasteiger partial charge in [0.2, 0.25) is 9.84 Å². The topological polar surface area (TPSA) is 93.9 Å². The van der Waals surface area contributed by atoms with Gasteiger partial charge in [0.1, 0.15) is 0 Å². The smallest absolute Gasteiger partial charge is 0.341 e. The van der Waals surface area contributed by atoms with Gasteiger partial charge in [0, 0.05) is 36.3 Å². The van der Waals surface area contributed by atoms with Crippen LogP contribution in [0.25, 0.3) is 11.1 Å². The molecule has 0 aliphatic rings. The number of nitrogens with one attached hydrogen (secondary N) is 1. The van der Waals surface area contributed by atoms with E-state index in [0.717, 1.165) is 17.2 Å². The number of carbonyl (C=O) groups excluding carboxylic acids is 1. The van der Waals surface area contributed by atoms with Gasteiger partial charge in [-0.1, -0.05) is 18.2 Å². The predicted octanol–water partition coefficient (Wildman–Crippen LogP) is 2.37. The molecule has 146 valence electrons. The molecular formula is C18H16F2N4O3S. The third kappa shape index (κ3) is 4.22. The molecule has 3 rings (SSSR count). The maximum atomic E-state index is 12.8. The number of hydrogen-bond donors (Lipinski definition) is 1. The summed E-state index contributed by atoms with van der Waals surface area (Å²) in [7, 11) is -4.87. The molecule has 7 nitrogen and oxygen atoms in total. The quantitative estimate of drug-likeness (QED) is 0.650. The molecule has 2 heterocycles. The summed E-state index contributed by atoms with van der Waals surface area (Å²) in [5, 5.41) is 6.71. The third-order valence-corrected chi connectivity index (χ3v) is 5.37. The normalized spacial score (nSPS) is 11.5. The first-order chi connectivity index (χ1) is 13.4. The Kier molecular flexibility index (Phi) is 5.78. The zero-order valence-corrected chi connectivity index (χ0v) is 15.3. The van der Waals surface area contributed by atoms with E-state index >= 15 is 0 Å². The highest BCUT2D eigenvalue weighted by molar-refractivity contribution is 7.91. The Balaban J connectivity index is 1.65. The summed E-state index contributed by atoms with van der Waals surface area (Å²) in [5.74, 6) is -4.35. The Hall–Kier alpha value is -3.14. The SMILES string of the molecule is O=C(NCCn1cc(-c2cccnc2)cn1)c1ccccc1S(=O)(=O)C(F)F. The van der Waals surface area contributed by atoms with E-state index in [1.54, 1.807) is 35.5 Å². The molecule has 0 saturated heterocycles. The Morgan fingerprint density at radius 3 is 2.61 bits per heavy atom. The third-order valence-electron chi connectivity index (χ3n) is 3.93. The first-order valence-corrected chi connectivity index (χ1v) is 9.76. The molecule has 1 N–H and O–H groups in total. The Morgan fingerprint density at radius 2 is 1.89 bits per heavy atom. The van der Waals surface area contributed by atoms with Crippen LogP contribution in [0.5, 0.6) is 0 Å². The minimum Gasteiger partial charge on any atom is -0.350 e. The van der Waals surface area contributed by atoms with E-state index in [1.165, 1.54) is 18.2 Å². The molecule has 0 atom stereocenters. The van der Waals surface area contributed by atoms with Gasteiger partial charge in [-0.3, -0.25) is 14.5 Å². The summed E-state index contributed by atoms with van der Waals surface area (Å²) in [4.78, 5) is 15.6. The van der Waals surface area contributed by atoms with Crippen LogP contribution >= 0.6 is 0 Å². The lowest BCUT2D eigenvalue weighted by molar-refractivity contribution is 0.0948. The number of pyridine rings is 1. The molecular weight excluding hydrogens is 390 g/mol. The number of aromatic nitrogens is 3. The largest absolute Gasteiger partial charge is 0.350 e. The minimum absolute atomic E-state index is 0.135. The lowest BCUT2D eigenvalue weighted by Gasteiger charge is -2.10. The molecule has 1 aromatic carbocycles. The van der Waals surface area contributed by atoms with Gasteiger partial charge in [-0.15, -0.1) is 0 Å². The van der Waals surface area contributed by atoms with Crippen LogP contribution in [0, 0.1) is 0 Å². The lowest BCUT2D eigenvalue weighted by atomic mass is 10.2. The maximum absolute atomic E-state index is 12.8. The number of alkyl halides is 2. The van der Waals surface area contributed by atoms with Crippen molar-refractivity contribution in [1.82, 2.24) is 20.1 Å². The van der Waals surface area contributed by atoms with Crippen molar-refractivity contribution in [3.8, 4) is 11.1 Å². The number of amides is 1. The summed E-state index contributed by atoms with van der Waals surface area (Å²) < 4.78 is 50.7. The van der Waals surface area contributed by atoms with Gasteiger partial charge < -0.3 is 5.32 Å². The van der Waals surface area contributed by atoms with E-state index in [9.17, 15) is 22.0 Å². The second-order valence-electron chi connectivity index (χ2n) is 5.79. The fourth-order valence-corrected chi connectivity index (χ4v) is 3.47. The molecule has 0 unspecified atom stereocenters. The number of rotatable bonds is 7. The molecule has 1 amide bonds. The van der Waals surface area contributed by atoms with Gasteiger partial charge in [0.05, 0.1) is 23.2 Å². The number of hydrogen-bond acceptors (Lipinski definition) is 5. The summed E-state index contributed by atoms with van der Waals surface area (Å²) in [6.07, 6.45) is 6.79. The molecule has 0 saturated carbocycles. The van der Waals surface area contributed by atoms with Gasteiger partial charge in [0.25, 0.3) is 5.91 Å². The van der Waals surface area contributed by atoms with Crippen LogP contribution in [0.15, 0.2) is 66.1 Å². The highest BCUT2D eigenvalue weighted by Crippen LogP contribution is 2.22. The number of carbonyl (C=O) groups is 1. The fraction of sp³-hybridized carbons (Fsp3) is 0.167. The van der Waals surface area contributed by atoms with Gasteiger partial charge in [-0.25, -0.2) is 8.42 Å². The van der Waals surface area contributed by atoms with Gasteiger partial charge in [-0.05, 0) is 18.2 Å². The number of halogens is 2. The average Bonchev–Trinajstić information content (AvgIpc) is 3.17. The van der Waals surface area contributed by atoms with Crippen molar-refractivity contribution in [1.29, 1.82) is 0 Å². The van der Waals surface area contributed by atoms with Crippen molar-refractivity contribution in [2.45, 2.75) is 17.2 Å². The minimum atomic E-state index is -4.87. The molecule has 10 heteroatoms. The van der Waals surface area contributed by atoms with Crippen molar-refractivity contribution in [2.75, 3.05) is 6.54 Å². The molecule has 0 bridgehead atoms. The molecule has 2 aromatic heterocycles. The van der Waals surface area contributed by atoms with E-state index in [1.807, 2.05) is 6.07 Å². The molecule has 0 spiro atoms. The Labute approximate surface area is 160 Å². The summed E-state index contributed by atoms with van der Waals surface area (Å²) in [6, 6.07) is 8.57. The monoisotopic (exact) mass is 406 g/mol. The van der Waals surface area contributed by atoms with Crippen molar-refractivity contribution in [3.05, 3.63) is 66.7 Å². The van der Waals surface area contributed by atoms with E-state index in [-0.39, 0.29) is 12.1 Å². The van der Waals surface area contributed by atoms with E-state index in [0.29, 0.717) is 6.54 Å². The number of sulfone groups is 1. The second kappa shape index (κ2) is 8.26. The standard InChI is InChI=1S/C18H16F2N4O3S/c19-18(20)28(26,27)16-6-2-1-5-15(16)17(25)22-8-9-24-12-14(11-23-24)13-4-3-7-21-10-13/h1-7,10-12,18H,8-9H2,(H,22,25). The molecule has 28 heavy (non-hydrogen) atoms. The molecule has 0 radical (unpaired) electrons. The molecule has 3 aromatic rings. The lowest BCUT2D eigenvalue weighted by Crippen LogP contribution is -2.29. The van der Waals surface area contributed by atoms with Gasteiger partial charge in [-0.2, -0.15) is 13.9 Å². The Bertz CT molecular complexity index is 1070. The Morgan fingerprint density at radius 1 is 1.11 bits per heavy atom. The fourth-order valence-electron chi connectivity index (χ4n) is 2.55. The van der Waals surface area contributed by atoms with Crippen molar-refractivity contribution in [3.63, 3.8) is 0 Å². The van der Waals surface area contributed by atoms with Crippen LogP contribution in [0.2, 0.25) is 0 Å². The second-order valence-corrected chi connectivity index (χ2v) is 7.68. The maximum Gasteiger partial charge on any atom is 0.341 e. The van der Waals surface area contributed by atoms with E-state index in [4.69, 9.17) is 0 Å². The van der Waals surface area contributed by atoms with Crippen LogP contribution in [0.4, 0.5) is 8.78 Å². The van der Waals surface area contributed by atoms with Crippen molar-refractivity contribution >= 4 is 15.7 Å². The summed E-state index contributed by atoms with van der Waals surface area (Å²) >= 11 is 0. The molecule has 0 aliphatic heterocycles. The zero-order chi connectivity index (χ0) is 20.1. The van der Waals surface area contributed by atoms with Gasteiger partial charge >= 0.3 is 5.76 Å². The highest BCUT2D eigenvalue weighted by atomic mass is 32.2. The van der Waals surface area contributed by atoms with E-state index in [2.05, 4.69) is 15.4 Å². The van der Waals surface area contributed by atoms with Crippen LogP contribution in [0.3, 0.4) is 0 Å². The zero-order valence-electron chi connectivity index (χ0n) is 14.5.